The van der Waals surface area contributed by atoms with Crippen LogP contribution < -0.4 is 0 Å². The second-order valence-corrected chi connectivity index (χ2v) is 9.49. The summed E-state index contributed by atoms with van der Waals surface area (Å²) < 4.78 is 15.4. The zero-order chi connectivity index (χ0) is 19.0. The van der Waals surface area contributed by atoms with Gasteiger partial charge in [-0.05, 0) is 62.3 Å². The molecule has 1 atom stereocenters. The summed E-state index contributed by atoms with van der Waals surface area (Å²) in [7, 11) is 0. The Labute approximate surface area is 168 Å². The summed E-state index contributed by atoms with van der Waals surface area (Å²) in [5.74, 6) is 2.31. The minimum atomic E-state index is -0.201. The SMILES string of the molecule is CC1CCc2c(-c3nnc(SCc4ccc(F)cc4)n3C(C)C)csc2C1. The van der Waals surface area contributed by atoms with Gasteiger partial charge in [0.1, 0.15) is 5.82 Å². The number of fused-ring (bicyclic) bond motifs is 1. The van der Waals surface area contributed by atoms with Crippen LogP contribution in [0.4, 0.5) is 4.39 Å². The predicted molar refractivity (Wildman–Crippen MR) is 111 cm³/mol. The van der Waals surface area contributed by atoms with E-state index in [1.165, 1.54) is 41.0 Å². The highest BCUT2D eigenvalue weighted by molar-refractivity contribution is 7.98. The van der Waals surface area contributed by atoms with Crippen molar-refractivity contribution in [1.82, 2.24) is 14.8 Å². The van der Waals surface area contributed by atoms with Gasteiger partial charge >= 0.3 is 0 Å². The average Bonchev–Trinajstić information content (AvgIpc) is 3.24. The summed E-state index contributed by atoms with van der Waals surface area (Å²) >= 11 is 3.53. The minimum Gasteiger partial charge on any atom is -0.299 e. The predicted octanol–water partition coefficient (Wildman–Crippen LogP) is 6.14. The molecular formula is C21H24FN3S2. The standard InChI is InChI=1S/C21H24FN3S2/c1-13(2)25-20(18-12-26-19-10-14(3)4-9-17(18)19)23-24-21(25)27-11-15-5-7-16(22)8-6-15/h5-8,12-14H,4,9-11H2,1-3H3. The number of halogens is 1. The molecule has 3 aromatic rings. The van der Waals surface area contributed by atoms with Crippen molar-refractivity contribution in [2.45, 2.75) is 57.0 Å². The Morgan fingerprint density at radius 3 is 2.78 bits per heavy atom. The van der Waals surface area contributed by atoms with E-state index in [0.29, 0.717) is 0 Å². The monoisotopic (exact) mass is 401 g/mol. The van der Waals surface area contributed by atoms with Crippen LogP contribution in [0.5, 0.6) is 0 Å². The van der Waals surface area contributed by atoms with Crippen molar-refractivity contribution < 1.29 is 4.39 Å². The summed E-state index contributed by atoms with van der Waals surface area (Å²) in [6.07, 6.45) is 3.57. The van der Waals surface area contributed by atoms with E-state index in [4.69, 9.17) is 0 Å². The van der Waals surface area contributed by atoms with Gasteiger partial charge in [0.25, 0.3) is 0 Å². The molecule has 2 heterocycles. The average molecular weight is 402 g/mol. The van der Waals surface area contributed by atoms with Crippen molar-refractivity contribution in [3.63, 3.8) is 0 Å². The minimum absolute atomic E-state index is 0.201. The lowest BCUT2D eigenvalue weighted by atomic mass is 9.88. The molecule has 1 unspecified atom stereocenters. The maximum absolute atomic E-state index is 13.1. The van der Waals surface area contributed by atoms with Gasteiger partial charge in [0.2, 0.25) is 0 Å². The van der Waals surface area contributed by atoms with Crippen LogP contribution in [0.2, 0.25) is 0 Å². The third-order valence-corrected chi connectivity index (χ3v) is 7.17. The summed E-state index contributed by atoms with van der Waals surface area (Å²) in [6, 6.07) is 6.95. The van der Waals surface area contributed by atoms with E-state index in [-0.39, 0.29) is 11.9 Å². The molecule has 0 saturated carbocycles. The number of thiophene rings is 1. The fourth-order valence-corrected chi connectivity index (χ4v) is 5.88. The Bertz CT molecular complexity index is 928. The lowest BCUT2D eigenvalue weighted by Gasteiger charge is -2.19. The van der Waals surface area contributed by atoms with E-state index in [2.05, 4.69) is 40.9 Å². The molecule has 1 aromatic carbocycles. The quantitative estimate of drug-likeness (QED) is 0.481. The van der Waals surface area contributed by atoms with Gasteiger partial charge in [0.05, 0.1) is 0 Å². The largest absolute Gasteiger partial charge is 0.299 e. The van der Waals surface area contributed by atoms with Crippen molar-refractivity contribution in [3.05, 3.63) is 51.5 Å². The van der Waals surface area contributed by atoms with Crippen LogP contribution in [0.1, 0.15) is 49.2 Å². The topological polar surface area (TPSA) is 30.7 Å². The van der Waals surface area contributed by atoms with Gasteiger partial charge in [0, 0.05) is 27.6 Å². The maximum atomic E-state index is 13.1. The molecule has 0 radical (unpaired) electrons. The van der Waals surface area contributed by atoms with Crippen molar-refractivity contribution >= 4 is 23.1 Å². The number of rotatable bonds is 5. The van der Waals surface area contributed by atoms with Crippen LogP contribution in [-0.2, 0) is 18.6 Å². The van der Waals surface area contributed by atoms with Gasteiger partial charge in [0.15, 0.2) is 11.0 Å². The van der Waals surface area contributed by atoms with Crippen molar-refractivity contribution in [1.29, 1.82) is 0 Å². The Morgan fingerprint density at radius 2 is 2.04 bits per heavy atom. The highest BCUT2D eigenvalue weighted by Gasteiger charge is 2.25. The molecule has 4 rings (SSSR count). The van der Waals surface area contributed by atoms with Gasteiger partial charge in [-0.25, -0.2) is 4.39 Å². The molecule has 0 fully saturated rings. The van der Waals surface area contributed by atoms with Crippen LogP contribution >= 0.6 is 23.1 Å². The molecule has 1 aliphatic carbocycles. The fourth-order valence-electron chi connectivity index (χ4n) is 3.62. The number of thioether (sulfide) groups is 1. The van der Waals surface area contributed by atoms with E-state index >= 15 is 0 Å². The maximum Gasteiger partial charge on any atom is 0.192 e. The molecule has 0 N–H and O–H groups in total. The van der Waals surface area contributed by atoms with Crippen LogP contribution in [-0.4, -0.2) is 14.8 Å². The van der Waals surface area contributed by atoms with Gasteiger partial charge in [-0.3, -0.25) is 4.57 Å². The zero-order valence-electron chi connectivity index (χ0n) is 15.9. The summed E-state index contributed by atoms with van der Waals surface area (Å²) in [5.41, 5.74) is 3.82. The van der Waals surface area contributed by atoms with Crippen molar-refractivity contribution in [3.8, 4) is 11.4 Å². The van der Waals surface area contributed by atoms with Crippen molar-refractivity contribution in [2.75, 3.05) is 0 Å². The fraction of sp³-hybridized carbons (Fsp3) is 0.429. The second-order valence-electron chi connectivity index (χ2n) is 7.58. The smallest absolute Gasteiger partial charge is 0.192 e. The Balaban J connectivity index is 1.62. The van der Waals surface area contributed by atoms with Crippen LogP contribution in [0.15, 0.2) is 34.8 Å². The number of hydrogen-bond acceptors (Lipinski definition) is 4. The molecule has 27 heavy (non-hydrogen) atoms. The molecule has 0 amide bonds. The number of nitrogens with zero attached hydrogens (tertiary/aromatic N) is 3. The molecule has 6 heteroatoms. The summed E-state index contributed by atoms with van der Waals surface area (Å²) in [4.78, 5) is 1.52. The highest BCUT2D eigenvalue weighted by Crippen LogP contribution is 2.39. The lowest BCUT2D eigenvalue weighted by molar-refractivity contribution is 0.507. The molecule has 0 saturated heterocycles. The lowest BCUT2D eigenvalue weighted by Crippen LogP contribution is -2.10. The molecule has 3 nitrogen and oxygen atoms in total. The molecule has 1 aliphatic rings. The van der Waals surface area contributed by atoms with E-state index in [0.717, 1.165) is 34.6 Å². The molecule has 142 valence electrons. The summed E-state index contributed by atoms with van der Waals surface area (Å²) in [5, 5.41) is 12.3. The van der Waals surface area contributed by atoms with Crippen LogP contribution in [0.3, 0.4) is 0 Å². The second kappa shape index (κ2) is 7.76. The number of aromatic nitrogens is 3. The van der Waals surface area contributed by atoms with Crippen LogP contribution in [0, 0.1) is 11.7 Å². The summed E-state index contributed by atoms with van der Waals surface area (Å²) in [6.45, 7) is 6.69. The third kappa shape index (κ3) is 3.83. The van der Waals surface area contributed by atoms with Gasteiger partial charge in [-0.15, -0.1) is 21.5 Å². The Morgan fingerprint density at radius 1 is 1.26 bits per heavy atom. The molecule has 0 bridgehead atoms. The third-order valence-electron chi connectivity index (χ3n) is 5.10. The van der Waals surface area contributed by atoms with Gasteiger partial charge in [-0.1, -0.05) is 30.8 Å². The van der Waals surface area contributed by atoms with E-state index in [1.54, 1.807) is 11.8 Å². The van der Waals surface area contributed by atoms with Gasteiger partial charge < -0.3 is 0 Å². The first-order valence-electron chi connectivity index (χ1n) is 9.44. The Hall–Kier alpha value is -1.66. The van der Waals surface area contributed by atoms with E-state index in [1.807, 2.05) is 23.5 Å². The number of benzene rings is 1. The normalized spacial score (nSPS) is 16.7. The van der Waals surface area contributed by atoms with E-state index < -0.39 is 0 Å². The number of hydrogen-bond donors (Lipinski definition) is 0. The molecule has 0 aliphatic heterocycles. The molecule has 2 aromatic heterocycles. The zero-order valence-corrected chi connectivity index (χ0v) is 17.5. The first-order valence-corrected chi connectivity index (χ1v) is 11.3. The first-order chi connectivity index (χ1) is 13.0. The molecular weight excluding hydrogens is 377 g/mol. The molecule has 0 spiro atoms. The van der Waals surface area contributed by atoms with Crippen LogP contribution in [0.25, 0.3) is 11.4 Å². The highest BCUT2D eigenvalue weighted by atomic mass is 32.2. The van der Waals surface area contributed by atoms with E-state index in [9.17, 15) is 4.39 Å². The first kappa shape index (κ1) is 18.7. The van der Waals surface area contributed by atoms with Crippen molar-refractivity contribution in [2.24, 2.45) is 5.92 Å². The Kier molecular flexibility index (Phi) is 5.37. The van der Waals surface area contributed by atoms with Gasteiger partial charge in [-0.2, -0.15) is 0 Å².